The van der Waals surface area contributed by atoms with Gasteiger partial charge in [-0.15, -0.1) is 0 Å². The van der Waals surface area contributed by atoms with Crippen LogP contribution in [-0.4, -0.2) is 44.3 Å². The molecular formula is C22H28N8O3. The van der Waals surface area contributed by atoms with Crippen molar-refractivity contribution in [3.05, 3.63) is 52.1 Å². The molecule has 0 unspecified atom stereocenters. The third kappa shape index (κ3) is 6.73. The molecule has 33 heavy (non-hydrogen) atoms. The Morgan fingerprint density at radius 1 is 1.18 bits per heavy atom. The molecule has 6 N–H and O–H groups in total. The topological polar surface area (TPSA) is 168 Å². The highest BCUT2D eigenvalue weighted by atomic mass is 16.2. The summed E-state index contributed by atoms with van der Waals surface area (Å²) in [6, 6.07) is 6.86. The van der Waals surface area contributed by atoms with Crippen LogP contribution in [0.1, 0.15) is 49.2 Å². The molecule has 2 amide bonds. The average molecular weight is 453 g/mol. The largest absolute Gasteiger partial charge is 0.379 e. The van der Waals surface area contributed by atoms with Crippen molar-refractivity contribution in [1.29, 1.82) is 0 Å². The van der Waals surface area contributed by atoms with E-state index in [2.05, 4.69) is 35.9 Å². The zero-order chi connectivity index (χ0) is 23.8. The molecule has 11 nitrogen and oxygen atoms in total. The number of amides is 2. The van der Waals surface area contributed by atoms with Gasteiger partial charge in [0, 0.05) is 30.3 Å². The number of benzene rings is 1. The van der Waals surface area contributed by atoms with Gasteiger partial charge in [0.15, 0.2) is 11.2 Å². The Morgan fingerprint density at radius 3 is 2.67 bits per heavy atom. The van der Waals surface area contributed by atoms with Crippen LogP contribution in [0.5, 0.6) is 0 Å². The summed E-state index contributed by atoms with van der Waals surface area (Å²) < 4.78 is 0. The quantitative estimate of drug-likeness (QED) is 0.307. The standard InChI is InChI=1S/C22H28N8O3/c1-3-10-24-17(31)9-4-13(2)27-20(32)14-5-7-15(8-6-14)25-11-16-12-26-19-18(28-16)21(33)30-22(23)29-19/h5-8,12-13,25H,3-4,9-11H2,1-2H3,(H,24,31)(H,27,32)(H3,23,26,29,30,33)/t13-/m1/s1. The van der Waals surface area contributed by atoms with E-state index in [-0.39, 0.29) is 35.0 Å². The summed E-state index contributed by atoms with van der Waals surface area (Å²) in [4.78, 5) is 50.8. The van der Waals surface area contributed by atoms with Crippen LogP contribution in [0.4, 0.5) is 11.6 Å². The predicted molar refractivity (Wildman–Crippen MR) is 126 cm³/mol. The number of carbonyl (C=O) groups is 2. The molecule has 11 heteroatoms. The SMILES string of the molecule is CCCNC(=O)CC[C@@H](C)NC(=O)c1ccc(NCc2cnc3nc(N)[nH]c(=O)c3n2)cc1. The number of nitrogens with zero attached hydrogens (tertiary/aromatic N) is 3. The van der Waals surface area contributed by atoms with E-state index in [1.807, 2.05) is 13.8 Å². The molecule has 0 aliphatic carbocycles. The number of nitrogens with one attached hydrogen (secondary N) is 4. The smallest absolute Gasteiger partial charge is 0.280 e. The van der Waals surface area contributed by atoms with Crippen LogP contribution < -0.4 is 27.2 Å². The van der Waals surface area contributed by atoms with Gasteiger partial charge in [0.2, 0.25) is 11.9 Å². The Balaban J connectivity index is 1.51. The monoisotopic (exact) mass is 452 g/mol. The van der Waals surface area contributed by atoms with Crippen molar-refractivity contribution in [2.75, 3.05) is 17.6 Å². The van der Waals surface area contributed by atoms with Crippen molar-refractivity contribution >= 4 is 34.6 Å². The van der Waals surface area contributed by atoms with Gasteiger partial charge in [0.25, 0.3) is 11.5 Å². The second-order valence-corrected chi connectivity index (χ2v) is 7.68. The minimum Gasteiger partial charge on any atom is -0.379 e. The van der Waals surface area contributed by atoms with E-state index >= 15 is 0 Å². The van der Waals surface area contributed by atoms with Crippen molar-refractivity contribution < 1.29 is 9.59 Å². The second-order valence-electron chi connectivity index (χ2n) is 7.68. The van der Waals surface area contributed by atoms with Gasteiger partial charge in [-0.3, -0.25) is 19.4 Å². The molecule has 0 aliphatic heterocycles. The number of nitrogen functional groups attached to an aromatic ring is 1. The fraction of sp³-hybridized carbons (Fsp3) is 0.364. The first-order valence-electron chi connectivity index (χ1n) is 10.8. The summed E-state index contributed by atoms with van der Waals surface area (Å²) in [7, 11) is 0. The highest BCUT2D eigenvalue weighted by Gasteiger charge is 2.12. The van der Waals surface area contributed by atoms with E-state index < -0.39 is 5.56 Å². The van der Waals surface area contributed by atoms with Crippen molar-refractivity contribution in [3.63, 3.8) is 0 Å². The number of aromatic nitrogens is 4. The molecule has 0 bridgehead atoms. The van der Waals surface area contributed by atoms with Gasteiger partial charge in [-0.25, -0.2) is 9.97 Å². The molecule has 0 aliphatic rings. The number of nitrogens with two attached hydrogens (primary N) is 1. The summed E-state index contributed by atoms with van der Waals surface area (Å²) in [6.45, 7) is 4.87. The van der Waals surface area contributed by atoms with Crippen LogP contribution in [-0.2, 0) is 11.3 Å². The lowest BCUT2D eigenvalue weighted by atomic mass is 10.1. The number of hydrogen-bond donors (Lipinski definition) is 5. The Labute approximate surface area is 190 Å². The molecule has 174 valence electrons. The van der Waals surface area contributed by atoms with Gasteiger partial charge in [-0.2, -0.15) is 4.98 Å². The third-order valence-electron chi connectivity index (χ3n) is 4.86. The Morgan fingerprint density at radius 2 is 1.94 bits per heavy atom. The maximum Gasteiger partial charge on any atom is 0.280 e. The molecular weight excluding hydrogens is 424 g/mol. The van der Waals surface area contributed by atoms with E-state index in [0.29, 0.717) is 37.2 Å². The zero-order valence-electron chi connectivity index (χ0n) is 18.6. The van der Waals surface area contributed by atoms with E-state index in [9.17, 15) is 14.4 Å². The van der Waals surface area contributed by atoms with Crippen LogP contribution >= 0.6 is 0 Å². The van der Waals surface area contributed by atoms with Crippen molar-refractivity contribution in [1.82, 2.24) is 30.6 Å². The number of hydrogen-bond acceptors (Lipinski definition) is 8. The number of fused-ring (bicyclic) bond motifs is 1. The Bertz CT molecular complexity index is 1180. The average Bonchev–Trinajstić information content (AvgIpc) is 2.80. The first-order valence-corrected chi connectivity index (χ1v) is 10.8. The van der Waals surface area contributed by atoms with E-state index in [1.165, 1.54) is 6.20 Å². The maximum atomic E-state index is 12.4. The lowest BCUT2D eigenvalue weighted by molar-refractivity contribution is -0.121. The lowest BCUT2D eigenvalue weighted by Gasteiger charge is -2.14. The normalized spacial score (nSPS) is 11.7. The van der Waals surface area contributed by atoms with Gasteiger partial charge in [-0.05, 0) is 44.0 Å². The van der Waals surface area contributed by atoms with Crippen LogP contribution in [0.3, 0.4) is 0 Å². The summed E-state index contributed by atoms with van der Waals surface area (Å²) in [6.07, 6.45) is 3.36. The zero-order valence-corrected chi connectivity index (χ0v) is 18.6. The summed E-state index contributed by atoms with van der Waals surface area (Å²) in [5.41, 5.74) is 7.21. The molecule has 1 atom stereocenters. The fourth-order valence-electron chi connectivity index (χ4n) is 3.07. The Kier molecular flexibility index (Phi) is 7.90. The molecule has 1 aromatic carbocycles. The molecule has 0 fully saturated rings. The first kappa shape index (κ1) is 23.6. The number of anilines is 2. The second kappa shape index (κ2) is 11.0. The summed E-state index contributed by atoms with van der Waals surface area (Å²) in [5.74, 6) is -0.215. The Hall–Kier alpha value is -4.02. The molecule has 0 saturated carbocycles. The van der Waals surface area contributed by atoms with Crippen molar-refractivity contribution in [3.8, 4) is 0 Å². The van der Waals surface area contributed by atoms with Crippen molar-refractivity contribution in [2.45, 2.75) is 45.7 Å². The summed E-state index contributed by atoms with van der Waals surface area (Å²) in [5, 5.41) is 8.91. The van der Waals surface area contributed by atoms with Crippen LogP contribution in [0.15, 0.2) is 35.3 Å². The van der Waals surface area contributed by atoms with Gasteiger partial charge in [-0.1, -0.05) is 6.92 Å². The van der Waals surface area contributed by atoms with Crippen LogP contribution in [0.25, 0.3) is 11.2 Å². The maximum absolute atomic E-state index is 12.4. The van der Waals surface area contributed by atoms with Gasteiger partial charge >= 0.3 is 0 Å². The first-order chi connectivity index (χ1) is 15.9. The van der Waals surface area contributed by atoms with Crippen LogP contribution in [0, 0.1) is 0 Å². The minimum absolute atomic E-state index is 0.00511. The van der Waals surface area contributed by atoms with Crippen LogP contribution in [0.2, 0.25) is 0 Å². The van der Waals surface area contributed by atoms with E-state index in [0.717, 1.165) is 12.1 Å². The molecule has 0 radical (unpaired) electrons. The molecule has 2 aromatic heterocycles. The lowest BCUT2D eigenvalue weighted by Crippen LogP contribution is -2.34. The molecule has 3 aromatic rings. The van der Waals surface area contributed by atoms with Gasteiger partial charge in [0.1, 0.15) is 0 Å². The van der Waals surface area contributed by atoms with E-state index in [4.69, 9.17) is 5.73 Å². The molecule has 0 spiro atoms. The highest BCUT2D eigenvalue weighted by molar-refractivity contribution is 5.94. The number of rotatable bonds is 10. The number of H-pyrrole nitrogens is 1. The molecule has 2 heterocycles. The third-order valence-corrected chi connectivity index (χ3v) is 4.86. The molecule has 3 rings (SSSR count). The van der Waals surface area contributed by atoms with E-state index in [1.54, 1.807) is 24.3 Å². The van der Waals surface area contributed by atoms with Crippen molar-refractivity contribution in [2.24, 2.45) is 0 Å². The predicted octanol–water partition coefficient (Wildman–Crippen LogP) is 1.33. The highest BCUT2D eigenvalue weighted by Crippen LogP contribution is 2.12. The van der Waals surface area contributed by atoms with Gasteiger partial charge in [0.05, 0.1) is 18.4 Å². The summed E-state index contributed by atoms with van der Waals surface area (Å²) >= 11 is 0. The number of aromatic amines is 1. The fourth-order valence-corrected chi connectivity index (χ4v) is 3.07. The minimum atomic E-state index is -0.446. The number of carbonyl (C=O) groups excluding carboxylic acids is 2. The van der Waals surface area contributed by atoms with Gasteiger partial charge < -0.3 is 21.7 Å². The molecule has 0 saturated heterocycles.